The van der Waals surface area contributed by atoms with Crippen LogP contribution in [-0.2, 0) is 0 Å². The summed E-state index contributed by atoms with van der Waals surface area (Å²) in [5, 5.41) is 25.4. The number of carbonyl (C=O) groups is 1. The molecule has 1 amide bonds. The lowest BCUT2D eigenvalue weighted by molar-refractivity contribution is -0.387. The summed E-state index contributed by atoms with van der Waals surface area (Å²) < 4.78 is 0.721. The number of hydrogen-bond donors (Lipinski definition) is 2. The number of thiazole rings is 1. The van der Waals surface area contributed by atoms with Crippen LogP contribution < -0.4 is 5.32 Å². The molecule has 152 valence electrons. The van der Waals surface area contributed by atoms with Gasteiger partial charge >= 0.3 is 0 Å². The largest absolute Gasteiger partial charge is 0.396 e. The fourth-order valence-electron chi connectivity index (χ4n) is 2.85. The number of aryl methyl sites for hydroxylation is 1. The summed E-state index contributed by atoms with van der Waals surface area (Å²) in [4.78, 5) is 28.2. The van der Waals surface area contributed by atoms with Gasteiger partial charge in [0.05, 0.1) is 9.82 Å². The van der Waals surface area contributed by atoms with Gasteiger partial charge in [-0.25, -0.2) is 4.98 Å². The zero-order valence-electron chi connectivity index (χ0n) is 16.2. The van der Waals surface area contributed by atoms with Crippen LogP contribution in [0.3, 0.4) is 0 Å². The molecule has 0 fully saturated rings. The first-order chi connectivity index (χ1) is 13.3. The maximum Gasteiger partial charge on any atom is 0.284 e. The molecule has 2 aromatic rings. The lowest BCUT2D eigenvalue weighted by Gasteiger charge is -2.18. The minimum atomic E-state index is -0.479. The van der Waals surface area contributed by atoms with Crippen molar-refractivity contribution in [2.75, 3.05) is 13.2 Å². The number of benzene rings is 1. The lowest BCUT2D eigenvalue weighted by Crippen LogP contribution is -2.30. The molecule has 0 aliphatic heterocycles. The fraction of sp³-hybridized carbons (Fsp3) is 0.474. The maximum absolute atomic E-state index is 12.5. The third-order valence-corrected chi connectivity index (χ3v) is 6.23. The van der Waals surface area contributed by atoms with Crippen molar-refractivity contribution in [3.63, 3.8) is 0 Å². The van der Waals surface area contributed by atoms with Gasteiger partial charge < -0.3 is 10.4 Å². The van der Waals surface area contributed by atoms with Crippen molar-refractivity contribution >= 4 is 34.7 Å². The van der Waals surface area contributed by atoms with E-state index in [9.17, 15) is 20.0 Å². The SMILES string of the molecule is Cc1csc(Sc2ccc(C(=O)NC[C@H](CCO)CC(C)C)cc2[N+](=O)[O-])n1. The van der Waals surface area contributed by atoms with Crippen LogP contribution in [0.5, 0.6) is 0 Å². The Kier molecular flexibility index (Phi) is 8.40. The van der Waals surface area contributed by atoms with Crippen molar-refractivity contribution in [2.45, 2.75) is 42.8 Å². The van der Waals surface area contributed by atoms with Crippen molar-refractivity contribution in [1.29, 1.82) is 0 Å². The topological polar surface area (TPSA) is 105 Å². The van der Waals surface area contributed by atoms with Gasteiger partial charge in [0.2, 0.25) is 0 Å². The minimum absolute atomic E-state index is 0.0703. The van der Waals surface area contributed by atoms with E-state index in [0.717, 1.165) is 16.5 Å². The fourth-order valence-corrected chi connectivity index (χ4v) is 4.73. The van der Waals surface area contributed by atoms with E-state index in [-0.39, 0.29) is 29.7 Å². The molecule has 7 nitrogen and oxygen atoms in total. The first kappa shape index (κ1) is 22.3. The number of nitro benzene ring substituents is 1. The second-order valence-corrected chi connectivity index (χ2v) is 9.16. The minimum Gasteiger partial charge on any atom is -0.396 e. The zero-order valence-corrected chi connectivity index (χ0v) is 17.8. The summed E-state index contributed by atoms with van der Waals surface area (Å²) in [7, 11) is 0. The first-order valence-corrected chi connectivity index (χ1v) is 10.8. The Morgan fingerprint density at radius 1 is 1.43 bits per heavy atom. The summed E-state index contributed by atoms with van der Waals surface area (Å²) >= 11 is 2.65. The third kappa shape index (κ3) is 6.57. The molecular weight excluding hydrogens is 398 g/mol. The Morgan fingerprint density at radius 3 is 2.75 bits per heavy atom. The molecule has 0 radical (unpaired) electrons. The van der Waals surface area contributed by atoms with E-state index in [1.54, 1.807) is 12.1 Å². The molecule has 0 bridgehead atoms. The number of nitrogens with one attached hydrogen (secondary N) is 1. The van der Waals surface area contributed by atoms with Crippen LogP contribution >= 0.6 is 23.1 Å². The van der Waals surface area contributed by atoms with Gasteiger partial charge in [-0.2, -0.15) is 0 Å². The molecule has 1 aromatic heterocycles. The van der Waals surface area contributed by atoms with Gasteiger partial charge in [0, 0.05) is 35.9 Å². The molecule has 0 saturated heterocycles. The Bertz CT molecular complexity index is 823. The molecule has 1 atom stereocenters. The highest BCUT2D eigenvalue weighted by atomic mass is 32.2. The quantitative estimate of drug-likeness (QED) is 0.436. The molecule has 0 aliphatic rings. The van der Waals surface area contributed by atoms with Crippen molar-refractivity contribution < 1.29 is 14.8 Å². The Balaban J connectivity index is 2.11. The predicted molar refractivity (Wildman–Crippen MR) is 111 cm³/mol. The van der Waals surface area contributed by atoms with Crippen LogP contribution in [0.2, 0.25) is 0 Å². The molecule has 0 saturated carbocycles. The van der Waals surface area contributed by atoms with Gasteiger partial charge in [0.15, 0.2) is 4.34 Å². The average Bonchev–Trinajstić information content (AvgIpc) is 3.04. The van der Waals surface area contributed by atoms with Gasteiger partial charge in [0.1, 0.15) is 0 Å². The number of aliphatic hydroxyl groups excluding tert-OH is 1. The molecule has 9 heteroatoms. The van der Waals surface area contributed by atoms with Gasteiger partial charge in [-0.3, -0.25) is 14.9 Å². The van der Waals surface area contributed by atoms with Crippen LogP contribution in [0.1, 0.15) is 42.7 Å². The number of nitrogens with zero attached hydrogens (tertiary/aromatic N) is 2. The highest BCUT2D eigenvalue weighted by Crippen LogP contribution is 2.36. The van der Waals surface area contributed by atoms with Crippen LogP contribution in [0, 0.1) is 28.9 Å². The van der Waals surface area contributed by atoms with Crippen LogP contribution in [-0.4, -0.2) is 34.1 Å². The molecule has 2 rings (SSSR count). The van der Waals surface area contributed by atoms with E-state index >= 15 is 0 Å². The Labute approximate surface area is 172 Å². The first-order valence-electron chi connectivity index (χ1n) is 9.07. The summed E-state index contributed by atoms with van der Waals surface area (Å²) in [6.07, 6.45) is 1.51. The Morgan fingerprint density at radius 2 is 2.18 bits per heavy atom. The Hall–Kier alpha value is -1.97. The molecule has 0 unspecified atom stereocenters. The zero-order chi connectivity index (χ0) is 20.7. The van der Waals surface area contributed by atoms with Crippen LogP contribution in [0.25, 0.3) is 0 Å². The van der Waals surface area contributed by atoms with E-state index in [4.69, 9.17) is 0 Å². The third-order valence-electron chi connectivity index (χ3n) is 4.11. The summed E-state index contributed by atoms with van der Waals surface area (Å²) in [5.74, 6) is 0.281. The smallest absolute Gasteiger partial charge is 0.284 e. The molecule has 2 N–H and O–H groups in total. The monoisotopic (exact) mass is 423 g/mol. The molecule has 0 aliphatic carbocycles. The normalized spacial score (nSPS) is 12.2. The van der Waals surface area contributed by atoms with E-state index in [1.165, 1.54) is 29.2 Å². The highest BCUT2D eigenvalue weighted by Gasteiger charge is 2.20. The van der Waals surface area contributed by atoms with Crippen molar-refractivity contribution in [2.24, 2.45) is 11.8 Å². The second-order valence-electron chi connectivity index (χ2n) is 7.01. The highest BCUT2D eigenvalue weighted by molar-refractivity contribution is 8.01. The number of aliphatic hydroxyl groups is 1. The molecule has 1 heterocycles. The van der Waals surface area contributed by atoms with E-state index in [0.29, 0.717) is 23.8 Å². The van der Waals surface area contributed by atoms with E-state index < -0.39 is 4.92 Å². The number of hydrogen-bond acceptors (Lipinski definition) is 7. The molecule has 28 heavy (non-hydrogen) atoms. The van der Waals surface area contributed by atoms with Crippen molar-refractivity contribution in [1.82, 2.24) is 10.3 Å². The summed E-state index contributed by atoms with van der Waals surface area (Å²) in [5.41, 5.74) is 1.00. The predicted octanol–water partition coefficient (Wildman–Crippen LogP) is 4.29. The standard InChI is InChI=1S/C19H25N3O4S2/c1-12(2)8-14(6-7-23)10-20-18(24)15-4-5-17(16(9-15)22(25)26)28-19-21-13(3)11-27-19/h4-5,9,11-12,14,23H,6-8,10H2,1-3H3,(H,20,24)/t14-/m1/s1. The van der Waals surface area contributed by atoms with Gasteiger partial charge in [-0.1, -0.05) is 25.6 Å². The molecule has 1 aromatic carbocycles. The maximum atomic E-state index is 12.5. The van der Waals surface area contributed by atoms with Gasteiger partial charge in [-0.15, -0.1) is 11.3 Å². The summed E-state index contributed by atoms with van der Waals surface area (Å²) in [6.45, 7) is 6.55. The second kappa shape index (κ2) is 10.5. The lowest BCUT2D eigenvalue weighted by atomic mass is 9.94. The average molecular weight is 424 g/mol. The van der Waals surface area contributed by atoms with E-state index in [1.807, 2.05) is 12.3 Å². The van der Waals surface area contributed by atoms with Gasteiger partial charge in [-0.05, 0) is 43.7 Å². The summed E-state index contributed by atoms with van der Waals surface area (Å²) in [6, 6.07) is 4.49. The molecule has 0 spiro atoms. The number of carbonyl (C=O) groups excluding carboxylic acids is 1. The van der Waals surface area contributed by atoms with Gasteiger partial charge in [0.25, 0.3) is 11.6 Å². The van der Waals surface area contributed by atoms with Crippen LogP contribution in [0.15, 0.2) is 32.8 Å². The van der Waals surface area contributed by atoms with Crippen molar-refractivity contribution in [3.05, 3.63) is 45.0 Å². The van der Waals surface area contributed by atoms with E-state index in [2.05, 4.69) is 24.1 Å². The number of aromatic nitrogens is 1. The molecular formula is C19H25N3O4S2. The number of nitro groups is 1. The number of amides is 1. The van der Waals surface area contributed by atoms with Crippen molar-refractivity contribution in [3.8, 4) is 0 Å². The van der Waals surface area contributed by atoms with Crippen LogP contribution in [0.4, 0.5) is 5.69 Å². The number of rotatable bonds is 10.